The largest absolute Gasteiger partial charge is 0.354 e. The van der Waals surface area contributed by atoms with E-state index in [1.54, 1.807) is 36.4 Å². The summed E-state index contributed by atoms with van der Waals surface area (Å²) in [5.74, 6) is -0.688. The predicted octanol–water partition coefficient (Wildman–Crippen LogP) is 5.43. The van der Waals surface area contributed by atoms with Gasteiger partial charge in [0.1, 0.15) is 11.9 Å². The van der Waals surface area contributed by atoms with Crippen LogP contribution in [0.2, 0.25) is 5.02 Å². The van der Waals surface area contributed by atoms with E-state index in [2.05, 4.69) is 5.32 Å². The van der Waals surface area contributed by atoms with E-state index in [1.165, 1.54) is 11.0 Å². The van der Waals surface area contributed by atoms with Crippen LogP contribution in [0.4, 0.5) is 4.39 Å². The van der Waals surface area contributed by atoms with Crippen LogP contribution in [0.1, 0.15) is 30.5 Å². The second-order valence-corrected chi connectivity index (χ2v) is 9.20. The summed E-state index contributed by atoms with van der Waals surface area (Å²) in [4.78, 5) is 28.4. The van der Waals surface area contributed by atoms with E-state index in [9.17, 15) is 14.0 Å². The number of carbonyl (C=O) groups is 2. The Balaban J connectivity index is 1.97. The first-order valence-corrected chi connectivity index (χ1v) is 11.8. The van der Waals surface area contributed by atoms with E-state index in [0.717, 1.165) is 11.1 Å². The van der Waals surface area contributed by atoms with Gasteiger partial charge in [0.05, 0.1) is 6.42 Å². The van der Waals surface area contributed by atoms with Gasteiger partial charge in [-0.05, 0) is 35.2 Å². The Kier molecular flexibility index (Phi) is 9.23. The number of benzene rings is 3. The Morgan fingerprint density at radius 1 is 0.941 bits per heavy atom. The molecule has 0 spiro atoms. The minimum atomic E-state index is -0.799. The van der Waals surface area contributed by atoms with E-state index in [1.807, 2.05) is 50.2 Å². The van der Waals surface area contributed by atoms with Crippen molar-refractivity contribution >= 4 is 23.4 Å². The van der Waals surface area contributed by atoms with Crippen LogP contribution in [0.25, 0.3) is 0 Å². The Bertz CT molecular complexity index is 1100. The number of nitrogens with one attached hydrogen (secondary N) is 1. The van der Waals surface area contributed by atoms with Gasteiger partial charge in [0.2, 0.25) is 11.8 Å². The summed E-state index contributed by atoms with van der Waals surface area (Å²) in [7, 11) is 0. The third-order valence-electron chi connectivity index (χ3n) is 5.50. The Morgan fingerprint density at radius 2 is 1.62 bits per heavy atom. The highest BCUT2D eigenvalue weighted by Gasteiger charge is 2.31. The van der Waals surface area contributed by atoms with Gasteiger partial charge in [-0.25, -0.2) is 4.39 Å². The van der Waals surface area contributed by atoms with Gasteiger partial charge in [-0.15, -0.1) is 0 Å². The summed E-state index contributed by atoms with van der Waals surface area (Å²) in [6.45, 7) is 4.49. The summed E-state index contributed by atoms with van der Waals surface area (Å²) in [5.41, 5.74) is 2.01. The van der Waals surface area contributed by atoms with E-state index in [4.69, 9.17) is 11.6 Å². The van der Waals surface area contributed by atoms with Crippen LogP contribution >= 0.6 is 11.6 Å². The van der Waals surface area contributed by atoms with Gasteiger partial charge in [-0.3, -0.25) is 9.59 Å². The molecule has 3 aromatic rings. The minimum absolute atomic E-state index is 0.0152. The number of carbonyl (C=O) groups excluding carboxylic acids is 2. The molecule has 0 unspecified atom stereocenters. The van der Waals surface area contributed by atoms with Crippen molar-refractivity contribution in [1.29, 1.82) is 0 Å². The molecule has 0 aromatic heterocycles. The highest BCUT2D eigenvalue weighted by atomic mass is 35.5. The second kappa shape index (κ2) is 12.3. The van der Waals surface area contributed by atoms with Crippen molar-refractivity contribution in [3.63, 3.8) is 0 Å². The molecule has 6 heteroatoms. The van der Waals surface area contributed by atoms with Crippen molar-refractivity contribution in [3.8, 4) is 0 Å². The van der Waals surface area contributed by atoms with Gasteiger partial charge in [-0.1, -0.05) is 86.1 Å². The summed E-state index contributed by atoms with van der Waals surface area (Å²) in [6, 6.07) is 22.1. The minimum Gasteiger partial charge on any atom is -0.354 e. The maximum absolute atomic E-state index is 14.6. The highest BCUT2D eigenvalue weighted by Crippen LogP contribution is 2.19. The molecule has 2 amide bonds. The molecule has 0 saturated carbocycles. The molecule has 34 heavy (non-hydrogen) atoms. The number of rotatable bonds is 10. The van der Waals surface area contributed by atoms with E-state index < -0.39 is 11.9 Å². The first kappa shape index (κ1) is 25.4. The van der Waals surface area contributed by atoms with Gasteiger partial charge < -0.3 is 10.2 Å². The molecular weight excluding hydrogens is 451 g/mol. The van der Waals surface area contributed by atoms with Gasteiger partial charge in [-0.2, -0.15) is 0 Å². The Hall–Kier alpha value is -3.18. The molecule has 0 aliphatic carbocycles. The monoisotopic (exact) mass is 480 g/mol. The molecule has 0 saturated heterocycles. The molecular formula is C28H30ClFN2O2. The summed E-state index contributed by atoms with van der Waals surface area (Å²) < 4.78 is 14.6. The fourth-order valence-electron chi connectivity index (χ4n) is 3.71. The quantitative estimate of drug-likeness (QED) is 0.420. The maximum Gasteiger partial charge on any atom is 0.243 e. The SMILES string of the molecule is CC(C)CNC(=O)[C@H](Cc1ccccc1)N(Cc1ccccc1F)C(=O)Cc1cccc(Cl)c1. The average molecular weight is 481 g/mol. The summed E-state index contributed by atoms with van der Waals surface area (Å²) in [5, 5.41) is 3.49. The smallest absolute Gasteiger partial charge is 0.243 e. The zero-order valence-electron chi connectivity index (χ0n) is 19.5. The third kappa shape index (κ3) is 7.42. The van der Waals surface area contributed by atoms with Crippen LogP contribution in [0.3, 0.4) is 0 Å². The predicted molar refractivity (Wildman–Crippen MR) is 134 cm³/mol. The normalized spacial score (nSPS) is 11.8. The highest BCUT2D eigenvalue weighted by molar-refractivity contribution is 6.30. The van der Waals surface area contributed by atoms with Crippen LogP contribution in [-0.2, 0) is 29.0 Å². The van der Waals surface area contributed by atoms with Crippen molar-refractivity contribution < 1.29 is 14.0 Å². The lowest BCUT2D eigenvalue weighted by molar-refractivity contribution is -0.140. The van der Waals surface area contributed by atoms with Gasteiger partial charge >= 0.3 is 0 Å². The van der Waals surface area contributed by atoms with E-state index in [0.29, 0.717) is 23.6 Å². The van der Waals surface area contributed by atoms with Crippen molar-refractivity contribution in [2.24, 2.45) is 5.92 Å². The fraction of sp³-hybridized carbons (Fsp3) is 0.286. The first-order valence-electron chi connectivity index (χ1n) is 11.4. The third-order valence-corrected chi connectivity index (χ3v) is 5.73. The van der Waals surface area contributed by atoms with Crippen LogP contribution in [0.15, 0.2) is 78.9 Å². The number of nitrogens with zero attached hydrogens (tertiary/aromatic N) is 1. The van der Waals surface area contributed by atoms with Crippen LogP contribution in [0.5, 0.6) is 0 Å². The zero-order valence-corrected chi connectivity index (χ0v) is 20.3. The molecule has 178 valence electrons. The fourth-order valence-corrected chi connectivity index (χ4v) is 3.92. The van der Waals surface area contributed by atoms with Crippen molar-refractivity contribution in [2.45, 2.75) is 39.3 Å². The molecule has 0 radical (unpaired) electrons. The lowest BCUT2D eigenvalue weighted by Crippen LogP contribution is -2.51. The molecule has 4 nitrogen and oxygen atoms in total. The summed E-state index contributed by atoms with van der Waals surface area (Å²) >= 11 is 6.11. The molecule has 0 aliphatic heterocycles. The molecule has 1 N–H and O–H groups in total. The van der Waals surface area contributed by atoms with Crippen molar-refractivity contribution in [1.82, 2.24) is 10.2 Å². The molecule has 0 bridgehead atoms. The lowest BCUT2D eigenvalue weighted by atomic mass is 10.0. The van der Waals surface area contributed by atoms with Gasteiger partial charge in [0.25, 0.3) is 0 Å². The molecule has 0 aliphatic rings. The van der Waals surface area contributed by atoms with Crippen LogP contribution in [0, 0.1) is 11.7 Å². The molecule has 1 atom stereocenters. The number of hydrogen-bond donors (Lipinski definition) is 1. The Morgan fingerprint density at radius 3 is 2.29 bits per heavy atom. The lowest BCUT2D eigenvalue weighted by Gasteiger charge is -2.32. The van der Waals surface area contributed by atoms with Crippen LogP contribution in [-0.4, -0.2) is 29.3 Å². The molecule has 3 aromatic carbocycles. The summed E-state index contributed by atoms with van der Waals surface area (Å²) in [6.07, 6.45) is 0.373. The molecule has 0 heterocycles. The standard InChI is InChI=1S/C28H30ClFN2O2/c1-20(2)18-31-28(34)26(16-21-9-4-3-5-10-21)32(19-23-12-6-7-14-25(23)30)27(33)17-22-11-8-13-24(29)15-22/h3-15,20,26H,16-19H2,1-2H3,(H,31,34)/t26-/m0/s1. The van der Waals surface area contributed by atoms with Crippen LogP contribution < -0.4 is 5.32 Å². The van der Waals surface area contributed by atoms with Gasteiger partial charge in [0, 0.05) is 30.1 Å². The van der Waals surface area contributed by atoms with Crippen molar-refractivity contribution in [3.05, 3.63) is 106 Å². The topological polar surface area (TPSA) is 49.4 Å². The number of amides is 2. The van der Waals surface area contributed by atoms with Crippen molar-refractivity contribution in [2.75, 3.05) is 6.54 Å². The molecule has 0 fully saturated rings. The zero-order chi connectivity index (χ0) is 24.5. The Labute approximate surface area is 205 Å². The maximum atomic E-state index is 14.6. The average Bonchev–Trinajstić information content (AvgIpc) is 2.81. The number of halogens is 2. The second-order valence-electron chi connectivity index (χ2n) is 8.76. The van der Waals surface area contributed by atoms with E-state index >= 15 is 0 Å². The van der Waals surface area contributed by atoms with Gasteiger partial charge in [0.15, 0.2) is 0 Å². The van der Waals surface area contributed by atoms with E-state index in [-0.39, 0.29) is 30.7 Å². The molecule has 3 rings (SSSR count). The first-order chi connectivity index (χ1) is 16.3. The number of hydrogen-bond acceptors (Lipinski definition) is 2.